The molecule has 2 heterocycles. The molecule has 0 aliphatic rings. The Morgan fingerprint density at radius 1 is 1.33 bits per heavy atom. The molecule has 5 heteroatoms. The summed E-state index contributed by atoms with van der Waals surface area (Å²) in [6.07, 6.45) is 7.55. The molecule has 0 amide bonds. The van der Waals surface area contributed by atoms with E-state index in [1.807, 2.05) is 30.3 Å². The molecule has 96 valence electrons. The van der Waals surface area contributed by atoms with Crippen LogP contribution in [0, 0.1) is 0 Å². The summed E-state index contributed by atoms with van der Waals surface area (Å²) in [5.41, 5.74) is 2.44. The van der Waals surface area contributed by atoms with Crippen molar-refractivity contribution in [3.63, 3.8) is 0 Å². The minimum Gasteiger partial charge on any atom is -0.309 e. The van der Waals surface area contributed by atoms with Crippen molar-refractivity contribution in [1.29, 1.82) is 0 Å². The number of hydrogen-bond acceptors (Lipinski definition) is 4. The van der Waals surface area contributed by atoms with E-state index >= 15 is 0 Å². The molecule has 5 nitrogen and oxygen atoms in total. The van der Waals surface area contributed by atoms with Crippen LogP contribution in [0.25, 0.3) is 0 Å². The Morgan fingerprint density at radius 2 is 2.11 bits per heavy atom. The van der Waals surface area contributed by atoms with Crippen LogP contribution < -0.4 is 5.32 Å². The van der Waals surface area contributed by atoms with Gasteiger partial charge in [0, 0.05) is 19.4 Å². The molecule has 0 saturated heterocycles. The summed E-state index contributed by atoms with van der Waals surface area (Å²) in [7, 11) is 1.93. The van der Waals surface area contributed by atoms with Crippen molar-refractivity contribution < 1.29 is 0 Å². The first-order chi connectivity index (χ1) is 8.81. The Morgan fingerprint density at radius 3 is 2.72 bits per heavy atom. The summed E-state index contributed by atoms with van der Waals surface area (Å²) < 4.78 is 1.83. The number of nitrogens with zero attached hydrogens (tertiary/aromatic N) is 4. The molecular weight excluding hydrogens is 226 g/mol. The van der Waals surface area contributed by atoms with Crippen LogP contribution in [0.4, 0.5) is 0 Å². The molecule has 1 atom stereocenters. The quantitative estimate of drug-likeness (QED) is 0.838. The highest BCUT2D eigenvalue weighted by atomic mass is 15.4. The lowest BCUT2D eigenvalue weighted by atomic mass is 10.0. The highest BCUT2D eigenvalue weighted by Gasteiger charge is 2.14. The van der Waals surface area contributed by atoms with E-state index in [-0.39, 0.29) is 0 Å². The van der Waals surface area contributed by atoms with Crippen LogP contribution in [-0.4, -0.2) is 26.5 Å². The molecule has 0 spiro atoms. The van der Waals surface area contributed by atoms with Crippen molar-refractivity contribution in [2.75, 3.05) is 6.54 Å². The van der Waals surface area contributed by atoms with Gasteiger partial charge in [0.1, 0.15) is 0 Å². The van der Waals surface area contributed by atoms with Crippen LogP contribution in [0.2, 0.25) is 0 Å². The van der Waals surface area contributed by atoms with Crippen LogP contribution >= 0.6 is 0 Å². The summed E-state index contributed by atoms with van der Waals surface area (Å²) in [4.78, 5) is 4.03. The Labute approximate surface area is 107 Å². The third kappa shape index (κ3) is 3.13. The zero-order valence-corrected chi connectivity index (χ0v) is 10.9. The van der Waals surface area contributed by atoms with Crippen molar-refractivity contribution in [2.45, 2.75) is 25.8 Å². The third-order valence-electron chi connectivity index (χ3n) is 3.03. The molecule has 0 aromatic carbocycles. The van der Waals surface area contributed by atoms with Crippen LogP contribution in [0.1, 0.15) is 30.6 Å². The average Bonchev–Trinajstić information content (AvgIpc) is 2.82. The van der Waals surface area contributed by atoms with Gasteiger partial charge >= 0.3 is 0 Å². The summed E-state index contributed by atoms with van der Waals surface area (Å²) in [6.45, 7) is 3.05. The first kappa shape index (κ1) is 12.7. The minimum absolute atomic E-state index is 0.295. The molecule has 0 aliphatic heterocycles. The second kappa shape index (κ2) is 6.26. The van der Waals surface area contributed by atoms with Gasteiger partial charge in [0.25, 0.3) is 0 Å². The molecular formula is C13H19N5. The first-order valence-electron chi connectivity index (χ1n) is 6.28. The maximum absolute atomic E-state index is 4.03. The van der Waals surface area contributed by atoms with Crippen molar-refractivity contribution in [2.24, 2.45) is 7.05 Å². The molecule has 2 rings (SSSR count). The van der Waals surface area contributed by atoms with Gasteiger partial charge in [-0.1, -0.05) is 12.1 Å². The van der Waals surface area contributed by atoms with Crippen LogP contribution in [0.5, 0.6) is 0 Å². The summed E-state index contributed by atoms with van der Waals surface area (Å²) in [5.74, 6) is 0. The zero-order chi connectivity index (χ0) is 12.8. The first-order valence-corrected chi connectivity index (χ1v) is 6.28. The van der Waals surface area contributed by atoms with Gasteiger partial charge in [-0.15, -0.1) is 5.10 Å². The number of nitrogens with one attached hydrogen (secondary N) is 1. The topological polar surface area (TPSA) is 55.6 Å². The number of pyridine rings is 1. The SMILES string of the molecule is CCNC(CCc1ccncc1)c1cnnn1C. The molecule has 1 N–H and O–H groups in total. The molecule has 0 bridgehead atoms. The third-order valence-corrected chi connectivity index (χ3v) is 3.03. The van der Waals surface area contributed by atoms with Crippen LogP contribution in [0.15, 0.2) is 30.7 Å². The Kier molecular flexibility index (Phi) is 4.41. The second-order valence-electron chi connectivity index (χ2n) is 4.29. The predicted molar refractivity (Wildman–Crippen MR) is 70.0 cm³/mol. The van der Waals surface area contributed by atoms with E-state index in [9.17, 15) is 0 Å². The molecule has 0 aliphatic carbocycles. The van der Waals surface area contributed by atoms with Gasteiger partial charge in [0.15, 0.2) is 0 Å². The molecule has 1 unspecified atom stereocenters. The lowest BCUT2D eigenvalue weighted by Crippen LogP contribution is -2.23. The molecule has 18 heavy (non-hydrogen) atoms. The van der Waals surface area contributed by atoms with Crippen LogP contribution in [-0.2, 0) is 13.5 Å². The second-order valence-corrected chi connectivity index (χ2v) is 4.29. The number of hydrogen-bond donors (Lipinski definition) is 1. The number of aryl methyl sites for hydroxylation is 2. The normalized spacial score (nSPS) is 12.6. The molecule has 2 aromatic rings. The maximum atomic E-state index is 4.03. The minimum atomic E-state index is 0.295. The fourth-order valence-electron chi connectivity index (χ4n) is 2.07. The lowest BCUT2D eigenvalue weighted by molar-refractivity contribution is 0.479. The van der Waals surface area contributed by atoms with Crippen molar-refractivity contribution in [3.8, 4) is 0 Å². The standard InChI is InChI=1S/C13H19N5/c1-3-15-12(13-10-16-17-18(13)2)5-4-11-6-8-14-9-7-11/h6-10,12,15H,3-5H2,1-2H3. The number of aromatic nitrogens is 4. The monoisotopic (exact) mass is 245 g/mol. The van der Waals surface area contributed by atoms with Gasteiger partial charge in [-0.2, -0.15) is 0 Å². The largest absolute Gasteiger partial charge is 0.309 e. The van der Waals surface area contributed by atoms with E-state index in [4.69, 9.17) is 0 Å². The van der Waals surface area contributed by atoms with E-state index in [1.54, 1.807) is 0 Å². The number of rotatable bonds is 6. The van der Waals surface area contributed by atoms with E-state index in [0.29, 0.717) is 6.04 Å². The summed E-state index contributed by atoms with van der Waals surface area (Å²) >= 11 is 0. The van der Waals surface area contributed by atoms with Gasteiger partial charge in [-0.25, -0.2) is 0 Å². The highest BCUT2D eigenvalue weighted by Crippen LogP contribution is 2.17. The fourth-order valence-corrected chi connectivity index (χ4v) is 2.07. The fraction of sp³-hybridized carbons (Fsp3) is 0.462. The maximum Gasteiger partial charge on any atom is 0.0753 e. The van der Waals surface area contributed by atoms with Gasteiger partial charge in [0.05, 0.1) is 17.9 Å². The van der Waals surface area contributed by atoms with E-state index in [2.05, 4.69) is 39.7 Å². The van der Waals surface area contributed by atoms with Crippen molar-refractivity contribution in [1.82, 2.24) is 25.3 Å². The Balaban J connectivity index is 2.01. The molecule has 0 saturated carbocycles. The van der Waals surface area contributed by atoms with E-state index in [1.165, 1.54) is 5.56 Å². The van der Waals surface area contributed by atoms with Crippen molar-refractivity contribution >= 4 is 0 Å². The summed E-state index contributed by atoms with van der Waals surface area (Å²) in [5, 5.41) is 11.4. The Bertz CT molecular complexity index is 465. The van der Waals surface area contributed by atoms with Gasteiger partial charge in [0.2, 0.25) is 0 Å². The van der Waals surface area contributed by atoms with Gasteiger partial charge < -0.3 is 5.32 Å². The van der Waals surface area contributed by atoms with Gasteiger partial charge in [-0.05, 0) is 37.1 Å². The van der Waals surface area contributed by atoms with E-state index < -0.39 is 0 Å². The smallest absolute Gasteiger partial charge is 0.0753 e. The highest BCUT2D eigenvalue weighted by molar-refractivity contribution is 5.11. The van der Waals surface area contributed by atoms with E-state index in [0.717, 1.165) is 25.1 Å². The molecule has 0 radical (unpaired) electrons. The predicted octanol–water partition coefficient (Wildman–Crippen LogP) is 1.49. The lowest BCUT2D eigenvalue weighted by Gasteiger charge is -2.17. The van der Waals surface area contributed by atoms with Crippen LogP contribution in [0.3, 0.4) is 0 Å². The average molecular weight is 245 g/mol. The molecule has 2 aromatic heterocycles. The molecule has 0 fully saturated rings. The van der Waals surface area contributed by atoms with Crippen molar-refractivity contribution in [3.05, 3.63) is 42.0 Å². The van der Waals surface area contributed by atoms with Gasteiger partial charge in [-0.3, -0.25) is 9.67 Å². The summed E-state index contributed by atoms with van der Waals surface area (Å²) in [6, 6.07) is 4.41. The zero-order valence-electron chi connectivity index (χ0n) is 10.9. The Hall–Kier alpha value is -1.75.